The highest BCUT2D eigenvalue weighted by Gasteiger charge is 2.57. The van der Waals surface area contributed by atoms with E-state index in [4.69, 9.17) is 0 Å². The summed E-state index contributed by atoms with van der Waals surface area (Å²) in [7, 11) is 0. The average molecular weight is 432 g/mol. The smallest absolute Gasteiger partial charge is 0.256 e. The number of hydrogen-bond acceptors (Lipinski definition) is 4. The molecule has 30 heavy (non-hydrogen) atoms. The van der Waals surface area contributed by atoms with Gasteiger partial charge in [-0.15, -0.1) is 11.8 Å². The van der Waals surface area contributed by atoms with Crippen molar-refractivity contribution in [2.24, 2.45) is 11.8 Å². The SMILES string of the molecule is CC(C)CCNC(=O)[C@@H](NC(=O)[C@H]1N2C(=O)c3ccccc3[C@H]2SC1(C)C)C(C)C. The van der Waals surface area contributed by atoms with Gasteiger partial charge < -0.3 is 15.5 Å². The molecule has 0 unspecified atom stereocenters. The number of fused-ring (bicyclic) bond motifs is 3. The van der Waals surface area contributed by atoms with Crippen LogP contribution in [0.5, 0.6) is 0 Å². The third kappa shape index (κ3) is 4.22. The summed E-state index contributed by atoms with van der Waals surface area (Å²) >= 11 is 1.63. The summed E-state index contributed by atoms with van der Waals surface area (Å²) in [6.45, 7) is 12.6. The van der Waals surface area contributed by atoms with Gasteiger partial charge in [0.15, 0.2) is 0 Å². The predicted octanol–water partition coefficient (Wildman–Crippen LogP) is 3.34. The summed E-state index contributed by atoms with van der Waals surface area (Å²) in [5.41, 5.74) is 1.62. The molecule has 6 nitrogen and oxygen atoms in total. The van der Waals surface area contributed by atoms with Crippen LogP contribution in [-0.4, -0.2) is 46.0 Å². The molecule has 164 valence electrons. The second kappa shape index (κ2) is 8.61. The van der Waals surface area contributed by atoms with Gasteiger partial charge in [0.05, 0.1) is 0 Å². The van der Waals surface area contributed by atoms with Crippen molar-refractivity contribution in [1.29, 1.82) is 0 Å². The van der Waals surface area contributed by atoms with Crippen molar-refractivity contribution in [3.8, 4) is 0 Å². The van der Waals surface area contributed by atoms with E-state index >= 15 is 0 Å². The largest absolute Gasteiger partial charge is 0.354 e. The van der Waals surface area contributed by atoms with E-state index in [1.165, 1.54) is 0 Å². The number of nitrogens with zero attached hydrogens (tertiary/aromatic N) is 1. The highest BCUT2D eigenvalue weighted by atomic mass is 32.2. The quantitative estimate of drug-likeness (QED) is 0.694. The lowest BCUT2D eigenvalue weighted by Gasteiger charge is -2.32. The molecule has 3 rings (SSSR count). The van der Waals surface area contributed by atoms with Crippen molar-refractivity contribution in [3.05, 3.63) is 35.4 Å². The van der Waals surface area contributed by atoms with Gasteiger partial charge in [0.1, 0.15) is 17.5 Å². The van der Waals surface area contributed by atoms with E-state index in [9.17, 15) is 14.4 Å². The molecule has 1 fully saturated rings. The van der Waals surface area contributed by atoms with Crippen LogP contribution in [0.4, 0.5) is 0 Å². The lowest BCUT2D eigenvalue weighted by atomic mass is 9.98. The van der Waals surface area contributed by atoms with Crippen molar-refractivity contribution in [2.75, 3.05) is 6.54 Å². The van der Waals surface area contributed by atoms with Crippen molar-refractivity contribution >= 4 is 29.5 Å². The molecule has 7 heteroatoms. The molecule has 3 atom stereocenters. The Morgan fingerprint density at radius 3 is 2.47 bits per heavy atom. The molecule has 3 amide bonds. The summed E-state index contributed by atoms with van der Waals surface area (Å²) in [6, 6.07) is 6.27. The summed E-state index contributed by atoms with van der Waals surface area (Å²) in [5, 5.41) is 5.73. The molecule has 0 bridgehead atoms. The third-order valence-electron chi connectivity index (χ3n) is 5.81. The maximum Gasteiger partial charge on any atom is 0.256 e. The Balaban J connectivity index is 1.78. The first-order valence-corrected chi connectivity index (χ1v) is 11.6. The van der Waals surface area contributed by atoms with E-state index in [1.54, 1.807) is 16.7 Å². The number of thioether (sulfide) groups is 1. The van der Waals surface area contributed by atoms with E-state index in [0.717, 1.165) is 12.0 Å². The van der Waals surface area contributed by atoms with Crippen molar-refractivity contribution < 1.29 is 14.4 Å². The van der Waals surface area contributed by atoms with Crippen LogP contribution >= 0.6 is 11.8 Å². The molecule has 2 aliphatic heterocycles. The fourth-order valence-electron chi connectivity index (χ4n) is 4.17. The van der Waals surface area contributed by atoms with Gasteiger partial charge in [-0.25, -0.2) is 0 Å². The molecule has 0 saturated carbocycles. The fraction of sp³-hybridized carbons (Fsp3) is 0.609. The molecule has 0 spiro atoms. The Kier molecular flexibility index (Phi) is 6.51. The van der Waals surface area contributed by atoms with Gasteiger partial charge in [-0.3, -0.25) is 14.4 Å². The van der Waals surface area contributed by atoms with Gasteiger partial charge >= 0.3 is 0 Å². The minimum Gasteiger partial charge on any atom is -0.354 e. The number of nitrogens with one attached hydrogen (secondary N) is 2. The summed E-state index contributed by atoms with van der Waals surface area (Å²) in [6.07, 6.45) is 0.888. The first-order valence-electron chi connectivity index (χ1n) is 10.7. The normalized spacial score (nSPS) is 22.8. The average Bonchev–Trinajstić information content (AvgIpc) is 3.08. The Labute approximate surface area is 183 Å². The zero-order chi connectivity index (χ0) is 22.2. The van der Waals surface area contributed by atoms with Crippen LogP contribution < -0.4 is 10.6 Å². The number of carbonyl (C=O) groups excluding carboxylic acids is 3. The zero-order valence-electron chi connectivity index (χ0n) is 18.7. The molecule has 2 aliphatic rings. The molecule has 1 aromatic rings. The van der Waals surface area contributed by atoms with Gasteiger partial charge in [0, 0.05) is 16.9 Å². The van der Waals surface area contributed by atoms with Gasteiger partial charge in [-0.1, -0.05) is 45.9 Å². The van der Waals surface area contributed by atoms with E-state index in [-0.39, 0.29) is 29.0 Å². The summed E-state index contributed by atoms with van der Waals surface area (Å²) in [5.74, 6) is -0.124. The predicted molar refractivity (Wildman–Crippen MR) is 120 cm³/mol. The molecular weight excluding hydrogens is 398 g/mol. The lowest BCUT2D eigenvalue weighted by Crippen LogP contribution is -2.58. The van der Waals surface area contributed by atoms with Crippen molar-refractivity contribution in [3.63, 3.8) is 0 Å². The van der Waals surface area contributed by atoms with E-state index in [1.807, 2.05) is 52.0 Å². The summed E-state index contributed by atoms with van der Waals surface area (Å²) < 4.78 is -0.465. The Morgan fingerprint density at radius 1 is 1.17 bits per heavy atom. The molecule has 0 aliphatic carbocycles. The highest BCUT2D eigenvalue weighted by Crippen LogP contribution is 2.56. The zero-order valence-corrected chi connectivity index (χ0v) is 19.5. The van der Waals surface area contributed by atoms with Crippen LogP contribution in [0.2, 0.25) is 0 Å². The molecule has 2 heterocycles. The van der Waals surface area contributed by atoms with Crippen LogP contribution in [0.15, 0.2) is 24.3 Å². The van der Waals surface area contributed by atoms with Gasteiger partial charge in [-0.05, 0) is 43.7 Å². The van der Waals surface area contributed by atoms with Crippen LogP contribution in [-0.2, 0) is 9.59 Å². The molecule has 0 radical (unpaired) electrons. The van der Waals surface area contributed by atoms with Gasteiger partial charge in [-0.2, -0.15) is 0 Å². The Bertz CT molecular complexity index is 837. The molecule has 1 saturated heterocycles. The van der Waals surface area contributed by atoms with Crippen molar-refractivity contribution in [1.82, 2.24) is 15.5 Å². The maximum atomic E-state index is 13.4. The van der Waals surface area contributed by atoms with E-state index in [0.29, 0.717) is 18.0 Å². The number of carbonyl (C=O) groups is 3. The Morgan fingerprint density at radius 2 is 1.83 bits per heavy atom. The first-order chi connectivity index (χ1) is 14.0. The maximum absolute atomic E-state index is 13.4. The second-order valence-corrected chi connectivity index (χ2v) is 11.2. The van der Waals surface area contributed by atoms with Gasteiger partial charge in [0.2, 0.25) is 11.8 Å². The second-order valence-electron chi connectivity index (χ2n) is 9.48. The lowest BCUT2D eigenvalue weighted by molar-refractivity contribution is -0.132. The van der Waals surface area contributed by atoms with Crippen LogP contribution in [0.3, 0.4) is 0 Å². The van der Waals surface area contributed by atoms with E-state index in [2.05, 4.69) is 24.5 Å². The molecule has 2 N–H and O–H groups in total. The minimum absolute atomic E-state index is 0.0626. The van der Waals surface area contributed by atoms with Crippen LogP contribution in [0, 0.1) is 11.8 Å². The van der Waals surface area contributed by atoms with Crippen molar-refractivity contribution in [2.45, 2.75) is 70.2 Å². The fourth-order valence-corrected chi connectivity index (χ4v) is 5.75. The number of rotatable bonds is 7. The number of benzene rings is 1. The van der Waals surface area contributed by atoms with E-state index < -0.39 is 16.8 Å². The summed E-state index contributed by atoms with van der Waals surface area (Å²) in [4.78, 5) is 40.9. The topological polar surface area (TPSA) is 78.5 Å². The molecule has 1 aromatic carbocycles. The van der Waals surface area contributed by atoms with Gasteiger partial charge in [0.25, 0.3) is 5.91 Å². The molecular formula is C23H33N3O3S. The van der Waals surface area contributed by atoms with Crippen LogP contribution in [0.1, 0.15) is 69.3 Å². The number of hydrogen-bond donors (Lipinski definition) is 2. The minimum atomic E-state index is -0.642. The Hall–Kier alpha value is -2.02. The standard InChI is InChI=1S/C23H33N3O3S/c1-13(2)11-12-24-19(27)17(14(3)4)25-20(28)18-23(5,6)30-22-16-10-8-7-9-15(16)21(29)26(18)22/h7-10,13-14,17-18,22H,11-12H2,1-6H3,(H,24,27)(H,25,28)/t17-,18+,22+/m0/s1. The van der Waals surface area contributed by atoms with Crippen LogP contribution in [0.25, 0.3) is 0 Å². The monoisotopic (exact) mass is 431 g/mol. The molecule has 0 aromatic heterocycles. The number of amides is 3. The highest BCUT2D eigenvalue weighted by molar-refractivity contribution is 8.01. The first kappa shape index (κ1) is 22.7. The third-order valence-corrected chi connectivity index (χ3v) is 7.35.